The van der Waals surface area contributed by atoms with Crippen molar-refractivity contribution in [3.8, 4) is 17.3 Å². The number of ether oxygens (including phenoxy) is 1. The Morgan fingerprint density at radius 2 is 2.26 bits per heavy atom. The Morgan fingerprint density at radius 3 is 3.09 bits per heavy atom. The lowest BCUT2D eigenvalue weighted by Gasteiger charge is -2.02. The van der Waals surface area contributed by atoms with Gasteiger partial charge in [-0.2, -0.15) is 4.98 Å². The third-order valence-corrected chi connectivity index (χ3v) is 3.92. The highest BCUT2D eigenvalue weighted by atomic mass is 35.5. The molecule has 0 amide bonds. The summed E-state index contributed by atoms with van der Waals surface area (Å²) in [5.41, 5.74) is 0.558. The number of benzene rings is 1. The van der Waals surface area contributed by atoms with Crippen molar-refractivity contribution in [2.75, 3.05) is 13.2 Å². The quantitative estimate of drug-likeness (QED) is 0.732. The first kappa shape index (κ1) is 14.3. The van der Waals surface area contributed by atoms with E-state index in [4.69, 9.17) is 20.9 Å². The van der Waals surface area contributed by atoms with Crippen LogP contribution in [0.4, 0.5) is 4.39 Å². The molecule has 3 aromatic rings. The van der Waals surface area contributed by atoms with E-state index in [1.54, 1.807) is 12.1 Å². The molecule has 4 rings (SSSR count). The van der Waals surface area contributed by atoms with E-state index in [2.05, 4.69) is 20.5 Å². The summed E-state index contributed by atoms with van der Waals surface area (Å²) in [6.07, 6.45) is 2.37. The van der Waals surface area contributed by atoms with Gasteiger partial charge in [0.2, 0.25) is 0 Å². The van der Waals surface area contributed by atoms with E-state index < -0.39 is 5.82 Å². The molecule has 0 aliphatic carbocycles. The molecule has 3 heterocycles. The minimum absolute atomic E-state index is 0.0147. The third-order valence-electron chi connectivity index (χ3n) is 3.63. The maximum atomic E-state index is 14.0. The van der Waals surface area contributed by atoms with Crippen LogP contribution in [-0.2, 0) is 4.74 Å². The molecule has 1 aliphatic rings. The van der Waals surface area contributed by atoms with Gasteiger partial charge in [0, 0.05) is 12.5 Å². The van der Waals surface area contributed by atoms with Crippen LogP contribution in [0.25, 0.3) is 17.3 Å². The first-order chi connectivity index (χ1) is 11.2. The van der Waals surface area contributed by atoms with Crippen LogP contribution in [0.2, 0.25) is 5.02 Å². The predicted octanol–water partition coefficient (Wildman–Crippen LogP) is 2.61. The summed E-state index contributed by atoms with van der Waals surface area (Å²) in [7, 11) is 0. The number of hydrogen-bond acceptors (Lipinski definition) is 6. The van der Waals surface area contributed by atoms with Crippen molar-refractivity contribution in [1.82, 2.24) is 25.1 Å². The minimum atomic E-state index is -0.570. The van der Waals surface area contributed by atoms with Crippen LogP contribution in [0.15, 0.2) is 28.9 Å². The fraction of sp³-hybridized carbons (Fsp3) is 0.286. The standard InChI is InChI=1S/C14H11ClFN5O2/c15-9-2-1-3-11(12(9)16)21-6-10(18-20-21)14-17-13(19-23-14)8-4-5-22-7-8/h1-3,6,8H,4-5,7H2. The molecule has 1 fully saturated rings. The van der Waals surface area contributed by atoms with Crippen molar-refractivity contribution in [2.24, 2.45) is 0 Å². The van der Waals surface area contributed by atoms with Gasteiger partial charge in [-0.1, -0.05) is 28.0 Å². The van der Waals surface area contributed by atoms with Gasteiger partial charge in [0.05, 0.1) is 17.8 Å². The summed E-state index contributed by atoms with van der Waals surface area (Å²) in [6.45, 7) is 1.28. The first-order valence-corrected chi connectivity index (χ1v) is 7.38. The van der Waals surface area contributed by atoms with Gasteiger partial charge in [0.25, 0.3) is 5.89 Å². The highest BCUT2D eigenvalue weighted by Gasteiger charge is 2.24. The third kappa shape index (κ3) is 2.60. The van der Waals surface area contributed by atoms with Crippen LogP contribution in [-0.4, -0.2) is 38.3 Å². The van der Waals surface area contributed by atoms with Gasteiger partial charge in [0.1, 0.15) is 5.69 Å². The Bertz CT molecular complexity index is 843. The Labute approximate surface area is 135 Å². The lowest BCUT2D eigenvalue weighted by atomic mass is 10.1. The zero-order valence-electron chi connectivity index (χ0n) is 11.8. The van der Waals surface area contributed by atoms with E-state index in [-0.39, 0.29) is 22.5 Å². The highest BCUT2D eigenvalue weighted by molar-refractivity contribution is 6.30. The highest BCUT2D eigenvalue weighted by Crippen LogP contribution is 2.26. The van der Waals surface area contributed by atoms with E-state index in [9.17, 15) is 4.39 Å². The number of rotatable bonds is 3. The van der Waals surface area contributed by atoms with E-state index >= 15 is 0 Å². The molecule has 0 radical (unpaired) electrons. The summed E-state index contributed by atoms with van der Waals surface area (Å²) >= 11 is 5.77. The van der Waals surface area contributed by atoms with E-state index in [0.717, 1.165) is 6.42 Å². The van der Waals surface area contributed by atoms with Crippen molar-refractivity contribution >= 4 is 11.6 Å². The van der Waals surface area contributed by atoms with Crippen molar-refractivity contribution < 1.29 is 13.7 Å². The number of aromatic nitrogens is 5. The molecule has 1 aromatic carbocycles. The fourth-order valence-corrected chi connectivity index (χ4v) is 2.56. The predicted molar refractivity (Wildman–Crippen MR) is 77.8 cm³/mol. The van der Waals surface area contributed by atoms with Gasteiger partial charge in [-0.15, -0.1) is 5.10 Å². The van der Waals surface area contributed by atoms with Crippen molar-refractivity contribution in [2.45, 2.75) is 12.3 Å². The average molecular weight is 336 g/mol. The van der Waals surface area contributed by atoms with E-state index in [0.29, 0.717) is 24.7 Å². The molecule has 7 nitrogen and oxygen atoms in total. The molecule has 118 valence electrons. The number of hydrogen-bond donors (Lipinski definition) is 0. The van der Waals surface area contributed by atoms with Crippen LogP contribution < -0.4 is 0 Å². The smallest absolute Gasteiger partial charge is 0.280 e. The summed E-state index contributed by atoms with van der Waals surface area (Å²) in [5.74, 6) is 0.384. The molecule has 2 aromatic heterocycles. The maximum absolute atomic E-state index is 14.0. The van der Waals surface area contributed by atoms with Crippen molar-refractivity contribution in [1.29, 1.82) is 0 Å². The Balaban J connectivity index is 1.64. The number of halogens is 2. The Kier molecular flexibility index (Phi) is 3.55. The van der Waals surface area contributed by atoms with Crippen LogP contribution in [0.5, 0.6) is 0 Å². The minimum Gasteiger partial charge on any atom is -0.381 e. The van der Waals surface area contributed by atoms with Gasteiger partial charge in [-0.3, -0.25) is 0 Å². The monoisotopic (exact) mass is 335 g/mol. The lowest BCUT2D eigenvalue weighted by Crippen LogP contribution is -1.99. The van der Waals surface area contributed by atoms with Gasteiger partial charge in [-0.05, 0) is 18.6 Å². The van der Waals surface area contributed by atoms with Gasteiger partial charge < -0.3 is 9.26 Å². The van der Waals surface area contributed by atoms with Crippen LogP contribution in [0, 0.1) is 5.82 Å². The summed E-state index contributed by atoms with van der Waals surface area (Å²) < 4.78 is 25.8. The second-order valence-electron chi connectivity index (χ2n) is 5.14. The van der Waals surface area contributed by atoms with Crippen molar-refractivity contribution in [3.63, 3.8) is 0 Å². The van der Waals surface area contributed by atoms with Gasteiger partial charge in [-0.25, -0.2) is 9.07 Å². The Hall–Kier alpha value is -2.32. The molecule has 23 heavy (non-hydrogen) atoms. The summed E-state index contributed by atoms with van der Waals surface area (Å²) in [6, 6.07) is 4.65. The SMILES string of the molecule is Fc1c(Cl)cccc1-n1cc(-c2nc(C3CCOC3)no2)nn1. The van der Waals surface area contributed by atoms with E-state index in [1.807, 2.05) is 0 Å². The molecule has 0 N–H and O–H groups in total. The average Bonchev–Trinajstić information content (AvgIpc) is 3.30. The van der Waals surface area contributed by atoms with E-state index in [1.165, 1.54) is 16.9 Å². The number of nitrogens with zero attached hydrogens (tertiary/aromatic N) is 5. The largest absolute Gasteiger partial charge is 0.381 e. The molecule has 0 saturated carbocycles. The molecular weight excluding hydrogens is 325 g/mol. The molecule has 9 heteroatoms. The lowest BCUT2D eigenvalue weighted by molar-refractivity contribution is 0.192. The zero-order valence-corrected chi connectivity index (χ0v) is 12.6. The molecular formula is C14H11ClFN5O2. The fourth-order valence-electron chi connectivity index (χ4n) is 2.39. The molecule has 0 bridgehead atoms. The normalized spacial score (nSPS) is 17.7. The second-order valence-corrected chi connectivity index (χ2v) is 5.55. The summed E-state index contributed by atoms with van der Waals surface area (Å²) in [5, 5.41) is 11.8. The molecule has 0 spiro atoms. The second kappa shape index (κ2) is 5.71. The van der Waals surface area contributed by atoms with Gasteiger partial charge in [0.15, 0.2) is 17.3 Å². The summed E-state index contributed by atoms with van der Waals surface area (Å²) in [4.78, 5) is 4.32. The first-order valence-electron chi connectivity index (χ1n) is 7.01. The van der Waals surface area contributed by atoms with Crippen LogP contribution in [0.3, 0.4) is 0 Å². The van der Waals surface area contributed by atoms with Gasteiger partial charge >= 0.3 is 0 Å². The zero-order chi connectivity index (χ0) is 15.8. The van der Waals surface area contributed by atoms with Crippen LogP contribution >= 0.6 is 11.6 Å². The maximum Gasteiger partial charge on any atom is 0.280 e. The molecule has 1 atom stereocenters. The molecule has 1 aliphatic heterocycles. The van der Waals surface area contributed by atoms with Crippen molar-refractivity contribution in [3.05, 3.63) is 41.1 Å². The Morgan fingerprint density at radius 1 is 1.35 bits per heavy atom. The molecule has 1 saturated heterocycles. The van der Waals surface area contributed by atoms with Crippen LogP contribution in [0.1, 0.15) is 18.2 Å². The topological polar surface area (TPSA) is 78.9 Å². The molecule has 1 unspecified atom stereocenters.